The Morgan fingerprint density at radius 1 is 1.53 bits per heavy atom. The van der Waals surface area contributed by atoms with Gasteiger partial charge in [0.2, 0.25) is 0 Å². The summed E-state index contributed by atoms with van der Waals surface area (Å²) in [6.07, 6.45) is 0. The van der Waals surface area contributed by atoms with Crippen molar-refractivity contribution in [3.63, 3.8) is 0 Å². The number of hydrogen-bond donors (Lipinski definition) is 1. The highest BCUT2D eigenvalue weighted by Gasteiger charge is 2.13. The van der Waals surface area contributed by atoms with Crippen LogP contribution < -0.4 is 10.5 Å². The van der Waals surface area contributed by atoms with E-state index in [4.69, 9.17) is 27.3 Å². The lowest BCUT2D eigenvalue weighted by atomic mass is 10.1. The Kier molecular flexibility index (Phi) is 3.57. The van der Waals surface area contributed by atoms with Gasteiger partial charge >= 0.3 is 0 Å². The lowest BCUT2D eigenvalue weighted by Gasteiger charge is -2.19. The normalized spacial score (nSPS) is 10.9. The van der Waals surface area contributed by atoms with Crippen molar-refractivity contribution in [2.24, 2.45) is 5.73 Å². The Labute approximate surface area is 94.4 Å². The van der Waals surface area contributed by atoms with Crippen molar-refractivity contribution in [3.05, 3.63) is 28.8 Å². The molecule has 0 saturated carbocycles. The monoisotopic (exact) mass is 224 g/mol. The number of ether oxygens (including phenoxy) is 1. The quantitative estimate of drug-likeness (QED) is 0.857. The highest BCUT2D eigenvalue weighted by molar-refractivity contribution is 6.30. The molecule has 1 rings (SSSR count). The molecule has 0 aliphatic rings. The minimum absolute atomic E-state index is 0.351. The van der Waals surface area contributed by atoms with E-state index >= 15 is 0 Å². The molecule has 0 amide bonds. The van der Waals surface area contributed by atoms with Crippen LogP contribution in [0.25, 0.3) is 0 Å². The molecule has 0 aliphatic heterocycles. The molecule has 4 heteroatoms. The minimum Gasteiger partial charge on any atom is -0.490 e. The second-order valence-corrected chi connectivity index (χ2v) is 4.47. The van der Waals surface area contributed by atoms with Gasteiger partial charge in [-0.05, 0) is 32.0 Å². The smallest absolute Gasteiger partial charge is 0.137 e. The van der Waals surface area contributed by atoms with E-state index in [9.17, 15) is 0 Å². The van der Waals surface area contributed by atoms with Gasteiger partial charge in [-0.15, -0.1) is 0 Å². The SMILES string of the molecule is CC(C)(N)COc1ccc(Cl)cc1C#N. The van der Waals surface area contributed by atoms with E-state index in [0.717, 1.165) is 0 Å². The van der Waals surface area contributed by atoms with Gasteiger partial charge in [0, 0.05) is 10.6 Å². The van der Waals surface area contributed by atoms with Crippen LogP contribution in [0.15, 0.2) is 18.2 Å². The molecule has 0 spiro atoms. The molecule has 0 heterocycles. The molecule has 2 N–H and O–H groups in total. The van der Waals surface area contributed by atoms with Crippen LogP contribution in [0.5, 0.6) is 5.75 Å². The van der Waals surface area contributed by atoms with Crippen LogP contribution in [-0.4, -0.2) is 12.1 Å². The van der Waals surface area contributed by atoms with E-state index in [1.165, 1.54) is 0 Å². The number of hydrogen-bond acceptors (Lipinski definition) is 3. The summed E-state index contributed by atoms with van der Waals surface area (Å²) in [7, 11) is 0. The highest BCUT2D eigenvalue weighted by Crippen LogP contribution is 2.22. The maximum Gasteiger partial charge on any atom is 0.137 e. The van der Waals surface area contributed by atoms with Crippen LogP contribution in [0.3, 0.4) is 0 Å². The second kappa shape index (κ2) is 4.52. The van der Waals surface area contributed by atoms with Crippen molar-refractivity contribution in [3.8, 4) is 11.8 Å². The summed E-state index contributed by atoms with van der Waals surface area (Å²) in [5, 5.41) is 9.37. The van der Waals surface area contributed by atoms with Crippen LogP contribution in [-0.2, 0) is 0 Å². The number of halogens is 1. The summed E-state index contributed by atoms with van der Waals surface area (Å²) >= 11 is 5.75. The molecular formula is C11H13ClN2O. The molecule has 0 bridgehead atoms. The van der Waals surface area contributed by atoms with Crippen molar-refractivity contribution < 1.29 is 4.74 Å². The van der Waals surface area contributed by atoms with Gasteiger partial charge in [-0.25, -0.2) is 0 Å². The van der Waals surface area contributed by atoms with E-state index in [-0.39, 0.29) is 0 Å². The van der Waals surface area contributed by atoms with E-state index in [2.05, 4.69) is 0 Å². The number of benzene rings is 1. The third kappa shape index (κ3) is 3.78. The molecule has 0 aromatic heterocycles. The molecule has 0 aliphatic carbocycles. The van der Waals surface area contributed by atoms with E-state index < -0.39 is 5.54 Å². The van der Waals surface area contributed by atoms with Crippen LogP contribution in [0.2, 0.25) is 5.02 Å². The highest BCUT2D eigenvalue weighted by atomic mass is 35.5. The molecule has 80 valence electrons. The minimum atomic E-state index is -0.424. The van der Waals surface area contributed by atoms with E-state index in [1.54, 1.807) is 18.2 Å². The Hall–Kier alpha value is -1.24. The van der Waals surface area contributed by atoms with Crippen LogP contribution in [0.4, 0.5) is 0 Å². The van der Waals surface area contributed by atoms with Gasteiger partial charge in [-0.1, -0.05) is 11.6 Å². The summed E-state index contributed by atoms with van der Waals surface area (Å²) in [5.41, 5.74) is 5.77. The van der Waals surface area contributed by atoms with Gasteiger partial charge in [-0.3, -0.25) is 0 Å². The first-order valence-corrected chi connectivity index (χ1v) is 4.91. The predicted molar refractivity (Wildman–Crippen MR) is 59.9 cm³/mol. The number of nitrogens with zero attached hydrogens (tertiary/aromatic N) is 1. The summed E-state index contributed by atoms with van der Waals surface area (Å²) in [4.78, 5) is 0. The number of nitriles is 1. The fraction of sp³-hybridized carbons (Fsp3) is 0.364. The Balaban J connectivity index is 2.82. The second-order valence-electron chi connectivity index (χ2n) is 4.03. The lowest BCUT2D eigenvalue weighted by molar-refractivity contribution is 0.243. The molecular weight excluding hydrogens is 212 g/mol. The average Bonchev–Trinajstić information content (AvgIpc) is 2.14. The molecule has 0 radical (unpaired) electrons. The van der Waals surface area contributed by atoms with Gasteiger partial charge in [0.1, 0.15) is 18.4 Å². The topological polar surface area (TPSA) is 59.0 Å². The summed E-state index contributed by atoms with van der Waals surface area (Å²) in [6, 6.07) is 6.95. The summed E-state index contributed by atoms with van der Waals surface area (Å²) in [6.45, 7) is 4.06. The number of nitrogens with two attached hydrogens (primary N) is 1. The zero-order valence-electron chi connectivity index (χ0n) is 8.75. The van der Waals surface area contributed by atoms with Crippen LogP contribution in [0, 0.1) is 11.3 Å². The Morgan fingerprint density at radius 3 is 2.73 bits per heavy atom. The van der Waals surface area contributed by atoms with Gasteiger partial charge < -0.3 is 10.5 Å². The van der Waals surface area contributed by atoms with Gasteiger partial charge in [0.05, 0.1) is 5.56 Å². The molecule has 0 fully saturated rings. The van der Waals surface area contributed by atoms with Crippen molar-refractivity contribution in [2.45, 2.75) is 19.4 Å². The number of rotatable bonds is 3. The van der Waals surface area contributed by atoms with Gasteiger partial charge in [-0.2, -0.15) is 5.26 Å². The summed E-state index contributed by atoms with van der Waals surface area (Å²) in [5.74, 6) is 0.514. The van der Waals surface area contributed by atoms with Crippen molar-refractivity contribution in [1.82, 2.24) is 0 Å². The lowest BCUT2D eigenvalue weighted by Crippen LogP contribution is -2.38. The third-order valence-electron chi connectivity index (χ3n) is 1.66. The van der Waals surface area contributed by atoms with Crippen molar-refractivity contribution in [2.75, 3.05) is 6.61 Å². The largest absolute Gasteiger partial charge is 0.490 e. The molecule has 1 aromatic carbocycles. The fourth-order valence-electron chi connectivity index (χ4n) is 0.979. The van der Waals surface area contributed by atoms with Crippen molar-refractivity contribution in [1.29, 1.82) is 5.26 Å². The predicted octanol–water partition coefficient (Wildman–Crippen LogP) is 2.33. The first-order valence-electron chi connectivity index (χ1n) is 4.54. The molecule has 15 heavy (non-hydrogen) atoms. The van der Waals surface area contributed by atoms with Crippen LogP contribution >= 0.6 is 11.6 Å². The van der Waals surface area contributed by atoms with Crippen LogP contribution in [0.1, 0.15) is 19.4 Å². The van der Waals surface area contributed by atoms with Gasteiger partial charge in [0.25, 0.3) is 0 Å². The first-order chi connectivity index (χ1) is 6.92. The molecule has 0 unspecified atom stereocenters. The third-order valence-corrected chi connectivity index (χ3v) is 1.90. The first kappa shape index (κ1) is 11.8. The van der Waals surface area contributed by atoms with E-state index in [1.807, 2.05) is 19.9 Å². The maximum atomic E-state index is 8.85. The molecule has 0 saturated heterocycles. The molecule has 0 atom stereocenters. The standard InChI is InChI=1S/C11H13ClN2O/c1-11(2,14)7-15-10-4-3-9(12)5-8(10)6-13/h3-5H,7,14H2,1-2H3. The molecule has 3 nitrogen and oxygen atoms in total. The van der Waals surface area contributed by atoms with Crippen molar-refractivity contribution >= 4 is 11.6 Å². The van der Waals surface area contributed by atoms with Gasteiger partial charge in [0.15, 0.2) is 0 Å². The Bertz CT molecular complexity index is 391. The summed E-state index contributed by atoms with van der Waals surface area (Å²) < 4.78 is 5.44. The fourth-order valence-corrected chi connectivity index (χ4v) is 1.15. The maximum absolute atomic E-state index is 8.85. The molecule has 1 aromatic rings. The average molecular weight is 225 g/mol. The zero-order valence-corrected chi connectivity index (χ0v) is 9.51. The van der Waals surface area contributed by atoms with E-state index in [0.29, 0.717) is 22.9 Å². The zero-order chi connectivity index (χ0) is 11.5. The Morgan fingerprint density at radius 2 is 2.20 bits per heavy atom.